The van der Waals surface area contributed by atoms with Crippen LogP contribution in [0.2, 0.25) is 5.02 Å². The quantitative estimate of drug-likeness (QED) is 0.799. The number of halogens is 1. The van der Waals surface area contributed by atoms with Crippen LogP contribution >= 0.6 is 11.6 Å². The lowest BCUT2D eigenvalue weighted by atomic mass is 10.1. The highest BCUT2D eigenvalue weighted by Crippen LogP contribution is 2.24. The van der Waals surface area contributed by atoms with Crippen molar-refractivity contribution in [1.29, 1.82) is 0 Å². The number of rotatable bonds is 3. The molecule has 0 spiro atoms. The Morgan fingerprint density at radius 3 is 2.80 bits per heavy atom. The average Bonchev–Trinajstić information content (AvgIpc) is 2.84. The number of nitrogens with zero attached hydrogens (tertiary/aromatic N) is 2. The molecule has 0 aliphatic rings. The van der Waals surface area contributed by atoms with Gasteiger partial charge in [0.25, 0.3) is 0 Å². The Morgan fingerprint density at radius 1 is 1.25 bits per heavy atom. The number of nitrogens with two attached hydrogens (primary N) is 1. The zero-order valence-corrected chi connectivity index (χ0v) is 12.0. The predicted octanol–water partition coefficient (Wildman–Crippen LogP) is 3.57. The molecule has 3 aromatic rings. The predicted molar refractivity (Wildman–Crippen MR) is 83.4 cm³/mol. The molecular formula is C16H16ClN3. The van der Waals surface area contributed by atoms with E-state index in [1.54, 1.807) is 0 Å². The van der Waals surface area contributed by atoms with Crippen molar-refractivity contribution in [3.63, 3.8) is 0 Å². The number of para-hydroxylation sites is 1. The standard InChI is InChI=1S/C16H16ClN3/c1-11(18)8-12-6-7-14(9-15(12)17)20-16-5-3-2-4-13(16)10-19-20/h2-7,9-11H,8,18H2,1H3. The molecule has 0 saturated carbocycles. The summed E-state index contributed by atoms with van der Waals surface area (Å²) in [5, 5.41) is 6.28. The second kappa shape index (κ2) is 5.27. The molecule has 0 amide bonds. The molecule has 20 heavy (non-hydrogen) atoms. The third-order valence-corrected chi connectivity index (χ3v) is 3.65. The van der Waals surface area contributed by atoms with Crippen molar-refractivity contribution in [2.75, 3.05) is 0 Å². The maximum absolute atomic E-state index is 6.34. The minimum Gasteiger partial charge on any atom is -0.328 e. The molecule has 3 nitrogen and oxygen atoms in total. The lowest BCUT2D eigenvalue weighted by molar-refractivity contribution is 0.738. The Labute approximate surface area is 123 Å². The van der Waals surface area contributed by atoms with E-state index in [1.807, 2.05) is 60.3 Å². The smallest absolute Gasteiger partial charge is 0.0741 e. The fourth-order valence-electron chi connectivity index (χ4n) is 2.36. The first-order chi connectivity index (χ1) is 9.65. The fraction of sp³-hybridized carbons (Fsp3) is 0.188. The van der Waals surface area contributed by atoms with Crippen LogP contribution < -0.4 is 5.73 Å². The van der Waals surface area contributed by atoms with Gasteiger partial charge in [-0.05, 0) is 37.1 Å². The van der Waals surface area contributed by atoms with Crippen molar-refractivity contribution in [1.82, 2.24) is 9.78 Å². The summed E-state index contributed by atoms with van der Waals surface area (Å²) in [6.45, 7) is 1.98. The van der Waals surface area contributed by atoms with Gasteiger partial charge in [0.1, 0.15) is 0 Å². The van der Waals surface area contributed by atoms with E-state index in [0.717, 1.165) is 33.6 Å². The third-order valence-electron chi connectivity index (χ3n) is 3.30. The van der Waals surface area contributed by atoms with Crippen LogP contribution in [-0.4, -0.2) is 15.8 Å². The second-order valence-electron chi connectivity index (χ2n) is 5.07. The van der Waals surface area contributed by atoms with Crippen molar-refractivity contribution < 1.29 is 0 Å². The van der Waals surface area contributed by atoms with Crippen LogP contribution in [-0.2, 0) is 6.42 Å². The van der Waals surface area contributed by atoms with Crippen molar-refractivity contribution in [3.05, 3.63) is 59.2 Å². The van der Waals surface area contributed by atoms with Crippen LogP contribution in [0.3, 0.4) is 0 Å². The maximum atomic E-state index is 6.34. The van der Waals surface area contributed by atoms with E-state index < -0.39 is 0 Å². The summed E-state index contributed by atoms with van der Waals surface area (Å²) in [5.74, 6) is 0. The molecule has 4 heteroatoms. The van der Waals surface area contributed by atoms with E-state index in [-0.39, 0.29) is 6.04 Å². The highest BCUT2D eigenvalue weighted by atomic mass is 35.5. The molecular weight excluding hydrogens is 270 g/mol. The van der Waals surface area contributed by atoms with Crippen molar-refractivity contribution >= 4 is 22.5 Å². The third kappa shape index (κ3) is 2.42. The van der Waals surface area contributed by atoms with Gasteiger partial charge in [-0.25, -0.2) is 4.68 Å². The van der Waals surface area contributed by atoms with Crippen LogP contribution in [0.5, 0.6) is 0 Å². The molecule has 0 aliphatic heterocycles. The van der Waals surface area contributed by atoms with Crippen LogP contribution in [0.4, 0.5) is 0 Å². The molecule has 0 saturated heterocycles. The Hall–Kier alpha value is -1.84. The summed E-state index contributed by atoms with van der Waals surface area (Å²) in [4.78, 5) is 0. The summed E-state index contributed by atoms with van der Waals surface area (Å²) in [5.41, 5.74) is 8.93. The highest BCUT2D eigenvalue weighted by molar-refractivity contribution is 6.31. The van der Waals surface area contributed by atoms with Gasteiger partial charge in [0, 0.05) is 16.5 Å². The Bertz CT molecular complexity index is 746. The zero-order chi connectivity index (χ0) is 14.1. The van der Waals surface area contributed by atoms with Gasteiger partial charge >= 0.3 is 0 Å². The number of benzene rings is 2. The topological polar surface area (TPSA) is 43.8 Å². The van der Waals surface area contributed by atoms with Gasteiger partial charge in [-0.2, -0.15) is 5.10 Å². The van der Waals surface area contributed by atoms with E-state index in [0.29, 0.717) is 0 Å². The van der Waals surface area contributed by atoms with Gasteiger partial charge in [-0.15, -0.1) is 0 Å². The van der Waals surface area contributed by atoms with E-state index in [1.165, 1.54) is 0 Å². The zero-order valence-electron chi connectivity index (χ0n) is 11.3. The van der Waals surface area contributed by atoms with Gasteiger partial charge in [-0.3, -0.25) is 0 Å². The Balaban J connectivity index is 2.04. The molecule has 0 bridgehead atoms. The van der Waals surface area contributed by atoms with Gasteiger partial charge in [0.2, 0.25) is 0 Å². The number of fused-ring (bicyclic) bond motifs is 1. The summed E-state index contributed by atoms with van der Waals surface area (Å²) in [7, 11) is 0. The lowest BCUT2D eigenvalue weighted by Gasteiger charge is -2.10. The lowest BCUT2D eigenvalue weighted by Crippen LogP contribution is -2.18. The van der Waals surface area contributed by atoms with Gasteiger partial charge < -0.3 is 5.73 Å². The normalized spacial score (nSPS) is 12.8. The first-order valence-electron chi connectivity index (χ1n) is 6.62. The van der Waals surface area contributed by atoms with E-state index in [2.05, 4.69) is 5.10 Å². The summed E-state index contributed by atoms with van der Waals surface area (Å²) in [6, 6.07) is 14.2. The van der Waals surface area contributed by atoms with Crippen molar-refractivity contribution in [3.8, 4) is 5.69 Å². The molecule has 0 radical (unpaired) electrons. The van der Waals surface area contributed by atoms with Crippen molar-refractivity contribution in [2.24, 2.45) is 5.73 Å². The first kappa shape index (κ1) is 13.2. The molecule has 102 valence electrons. The monoisotopic (exact) mass is 285 g/mol. The molecule has 1 unspecified atom stereocenters. The highest BCUT2D eigenvalue weighted by Gasteiger charge is 2.08. The summed E-state index contributed by atoms with van der Waals surface area (Å²) in [6.07, 6.45) is 2.64. The molecule has 1 aromatic heterocycles. The Morgan fingerprint density at radius 2 is 2.05 bits per heavy atom. The molecule has 2 aromatic carbocycles. The fourth-order valence-corrected chi connectivity index (χ4v) is 2.61. The maximum Gasteiger partial charge on any atom is 0.0741 e. The van der Waals surface area contributed by atoms with E-state index in [4.69, 9.17) is 17.3 Å². The van der Waals surface area contributed by atoms with Gasteiger partial charge in [-0.1, -0.05) is 35.9 Å². The molecule has 0 fully saturated rings. The number of hydrogen-bond donors (Lipinski definition) is 1. The second-order valence-corrected chi connectivity index (χ2v) is 5.48. The largest absolute Gasteiger partial charge is 0.328 e. The summed E-state index contributed by atoms with van der Waals surface area (Å²) < 4.78 is 1.90. The van der Waals surface area contributed by atoms with Crippen LogP contribution in [0.15, 0.2) is 48.7 Å². The molecule has 1 heterocycles. The van der Waals surface area contributed by atoms with Crippen LogP contribution in [0.25, 0.3) is 16.6 Å². The van der Waals surface area contributed by atoms with Crippen LogP contribution in [0, 0.1) is 0 Å². The number of hydrogen-bond acceptors (Lipinski definition) is 2. The molecule has 3 rings (SSSR count). The first-order valence-corrected chi connectivity index (χ1v) is 7.00. The van der Waals surface area contributed by atoms with Gasteiger partial charge in [0.15, 0.2) is 0 Å². The molecule has 0 aliphatic carbocycles. The van der Waals surface area contributed by atoms with Gasteiger partial charge in [0.05, 0.1) is 17.4 Å². The van der Waals surface area contributed by atoms with E-state index >= 15 is 0 Å². The number of aromatic nitrogens is 2. The summed E-state index contributed by atoms with van der Waals surface area (Å²) >= 11 is 6.34. The van der Waals surface area contributed by atoms with E-state index in [9.17, 15) is 0 Å². The van der Waals surface area contributed by atoms with Crippen molar-refractivity contribution in [2.45, 2.75) is 19.4 Å². The molecule has 1 atom stereocenters. The minimum absolute atomic E-state index is 0.101. The average molecular weight is 286 g/mol. The Kier molecular flexibility index (Phi) is 3.47. The minimum atomic E-state index is 0.101. The SMILES string of the molecule is CC(N)Cc1ccc(-n2ncc3ccccc32)cc1Cl. The molecule has 2 N–H and O–H groups in total. The van der Waals surface area contributed by atoms with Crippen LogP contribution in [0.1, 0.15) is 12.5 Å².